The van der Waals surface area contributed by atoms with E-state index < -0.39 is 19.8 Å². The Bertz CT molecular complexity index is 30.0. The number of rotatable bonds is 3. The van der Waals surface area contributed by atoms with E-state index in [2.05, 4.69) is 20.8 Å². The van der Waals surface area contributed by atoms with Gasteiger partial charge >= 0.3 is 53.8 Å². The molecule has 2 heteroatoms. The fourth-order valence-corrected chi connectivity index (χ4v) is 5.81. The monoisotopic (exact) mass is 288 g/mol. The summed E-state index contributed by atoms with van der Waals surface area (Å²) in [5.41, 5.74) is 0. The van der Waals surface area contributed by atoms with E-state index >= 15 is 0 Å². The van der Waals surface area contributed by atoms with Gasteiger partial charge in [-0.05, 0) is 0 Å². The molecule has 0 fully saturated rings. The maximum absolute atomic E-state index is 2.35. The Labute approximate surface area is 70.6 Å². The van der Waals surface area contributed by atoms with E-state index in [-0.39, 0.29) is 17.0 Å². The van der Waals surface area contributed by atoms with E-state index in [4.69, 9.17) is 0 Å². The van der Waals surface area contributed by atoms with Crippen LogP contribution in [0.15, 0.2) is 0 Å². The molecule has 0 nitrogen and oxygen atoms in total. The van der Waals surface area contributed by atoms with Gasteiger partial charge in [0.2, 0.25) is 0 Å². The molecule has 0 aliphatic carbocycles. The van der Waals surface area contributed by atoms with Gasteiger partial charge in [-0.25, -0.2) is 0 Å². The molecule has 8 heavy (non-hydrogen) atoms. The number of hydrogen-bond donors (Lipinski definition) is 0. The zero-order valence-corrected chi connectivity index (χ0v) is 11.1. The van der Waals surface area contributed by atoms with Gasteiger partial charge in [0, 0.05) is 0 Å². The topological polar surface area (TPSA) is 0 Å². The van der Waals surface area contributed by atoms with Crippen LogP contribution in [0.25, 0.3) is 0 Å². The van der Waals surface area contributed by atoms with Crippen molar-refractivity contribution in [1.82, 2.24) is 0 Å². The van der Waals surface area contributed by atoms with Crippen LogP contribution in [0.4, 0.5) is 0 Å². The Morgan fingerprint density at radius 1 is 0.875 bits per heavy atom. The Kier molecular flexibility index (Phi) is 12.4. The molecule has 0 unspecified atom stereocenters. The van der Waals surface area contributed by atoms with Crippen molar-refractivity contribution in [2.24, 2.45) is 0 Å². The van der Waals surface area contributed by atoms with Crippen LogP contribution in [0, 0.1) is 0 Å². The number of halogens is 1. The van der Waals surface area contributed by atoms with Crippen molar-refractivity contribution in [3.8, 4) is 0 Å². The molecule has 0 aromatic heterocycles. The molecule has 0 heterocycles. The fraction of sp³-hybridized carbons (Fsp3) is 1.00. The van der Waals surface area contributed by atoms with Gasteiger partial charge < -0.3 is 0 Å². The first-order chi connectivity index (χ1) is 3.35. The summed E-state index contributed by atoms with van der Waals surface area (Å²) in [5, 5.41) is 0. The Balaban J connectivity index is 0. The van der Waals surface area contributed by atoms with E-state index in [0.717, 1.165) is 0 Å². The van der Waals surface area contributed by atoms with E-state index in [1.54, 1.807) is 13.3 Å². The standard InChI is InChI=1S/3C2H5.BrH.Sn.H/c3*1-2;;;/h3*1H2,2H3;1H;;. The van der Waals surface area contributed by atoms with Crippen LogP contribution in [0.3, 0.4) is 0 Å². The molecule has 0 N–H and O–H groups in total. The molecule has 0 spiro atoms. The second-order valence-electron chi connectivity index (χ2n) is 2.09. The maximum atomic E-state index is 2.35. The molecule has 0 aliphatic rings. The van der Waals surface area contributed by atoms with Gasteiger partial charge in [-0.15, -0.1) is 17.0 Å². The molecule has 0 radical (unpaired) electrons. The minimum atomic E-state index is -0.764. The predicted molar refractivity (Wildman–Crippen MR) is 48.9 cm³/mol. The third-order valence-electron chi connectivity index (χ3n) is 1.73. The molecule has 0 aromatic rings. The first-order valence-electron chi connectivity index (χ1n) is 3.35. The van der Waals surface area contributed by atoms with Gasteiger partial charge in [-0.1, -0.05) is 0 Å². The Hall–Kier alpha value is 1.28. The van der Waals surface area contributed by atoms with Crippen molar-refractivity contribution in [3.05, 3.63) is 0 Å². The summed E-state index contributed by atoms with van der Waals surface area (Å²) in [4.78, 5) is 0. The Morgan fingerprint density at radius 2 is 1.12 bits per heavy atom. The quantitative estimate of drug-likeness (QED) is 0.700. The zero-order chi connectivity index (χ0) is 5.70. The molecular formula is C6H17BrSn. The summed E-state index contributed by atoms with van der Waals surface area (Å²) in [6, 6.07) is 0. The molecule has 0 rings (SSSR count). The third kappa shape index (κ3) is 5.42. The SMILES string of the molecule is Br.C[CH2][SnH]([CH2]C)[CH2]C. The van der Waals surface area contributed by atoms with Crippen LogP contribution >= 0.6 is 17.0 Å². The van der Waals surface area contributed by atoms with Crippen molar-refractivity contribution in [2.75, 3.05) is 0 Å². The molecule has 0 saturated heterocycles. The fourth-order valence-electron chi connectivity index (χ4n) is 0.866. The summed E-state index contributed by atoms with van der Waals surface area (Å²) in [6.07, 6.45) is 0. The second kappa shape index (κ2) is 8.28. The summed E-state index contributed by atoms with van der Waals surface area (Å²) in [5.74, 6) is 0. The average Bonchev–Trinajstić information content (AvgIpc) is 1.72. The molecular weight excluding hydrogens is 271 g/mol. The van der Waals surface area contributed by atoms with Gasteiger partial charge in [-0.3, -0.25) is 0 Å². The van der Waals surface area contributed by atoms with Crippen LogP contribution in [-0.2, 0) is 0 Å². The Morgan fingerprint density at radius 3 is 1.12 bits per heavy atom. The van der Waals surface area contributed by atoms with Crippen LogP contribution < -0.4 is 0 Å². The first kappa shape index (κ1) is 12.0. The van der Waals surface area contributed by atoms with Gasteiger partial charge in [0.15, 0.2) is 0 Å². The van der Waals surface area contributed by atoms with Crippen LogP contribution in [0.5, 0.6) is 0 Å². The predicted octanol–water partition coefficient (Wildman–Crippen LogP) is 2.85. The van der Waals surface area contributed by atoms with Crippen LogP contribution in [0.2, 0.25) is 13.3 Å². The second-order valence-corrected chi connectivity index (χ2v) is 14.0. The van der Waals surface area contributed by atoms with E-state index in [0.29, 0.717) is 0 Å². The summed E-state index contributed by atoms with van der Waals surface area (Å²) < 4.78 is 4.69. The molecule has 0 bridgehead atoms. The van der Waals surface area contributed by atoms with Crippen molar-refractivity contribution >= 4 is 36.7 Å². The normalized spacial score (nSPS) is 9.00. The van der Waals surface area contributed by atoms with Gasteiger partial charge in [0.25, 0.3) is 0 Å². The molecule has 0 aromatic carbocycles. The van der Waals surface area contributed by atoms with E-state index in [1.165, 1.54) is 0 Å². The van der Waals surface area contributed by atoms with E-state index in [1.807, 2.05) is 0 Å². The molecule has 0 saturated carbocycles. The molecule has 52 valence electrons. The molecule has 0 atom stereocenters. The molecule has 0 aliphatic heterocycles. The summed E-state index contributed by atoms with van der Waals surface area (Å²) in [7, 11) is 0. The third-order valence-corrected chi connectivity index (χ3v) is 11.6. The zero-order valence-electron chi connectivity index (χ0n) is 6.11. The van der Waals surface area contributed by atoms with Crippen molar-refractivity contribution in [3.63, 3.8) is 0 Å². The van der Waals surface area contributed by atoms with Gasteiger partial charge in [0.1, 0.15) is 0 Å². The molecule has 0 amide bonds. The van der Waals surface area contributed by atoms with Gasteiger partial charge in [0.05, 0.1) is 0 Å². The average molecular weight is 288 g/mol. The number of hydrogen-bond acceptors (Lipinski definition) is 0. The van der Waals surface area contributed by atoms with Crippen LogP contribution in [-0.4, -0.2) is 19.8 Å². The van der Waals surface area contributed by atoms with Gasteiger partial charge in [-0.2, -0.15) is 0 Å². The van der Waals surface area contributed by atoms with Crippen molar-refractivity contribution < 1.29 is 0 Å². The van der Waals surface area contributed by atoms with Crippen molar-refractivity contribution in [1.29, 1.82) is 0 Å². The first-order valence-corrected chi connectivity index (χ1v) is 10.3. The van der Waals surface area contributed by atoms with E-state index in [9.17, 15) is 0 Å². The summed E-state index contributed by atoms with van der Waals surface area (Å²) >= 11 is -0.764. The minimum absolute atomic E-state index is 0. The van der Waals surface area contributed by atoms with Crippen molar-refractivity contribution in [2.45, 2.75) is 34.1 Å². The van der Waals surface area contributed by atoms with Crippen LogP contribution in [0.1, 0.15) is 20.8 Å². The summed E-state index contributed by atoms with van der Waals surface area (Å²) in [6.45, 7) is 7.06.